The first-order valence-corrected chi connectivity index (χ1v) is 9.24. The lowest BCUT2D eigenvalue weighted by Crippen LogP contribution is -2.29. The molecular formula is C23H16FN3O. The van der Waals surface area contributed by atoms with E-state index in [0.717, 1.165) is 45.1 Å². The van der Waals surface area contributed by atoms with Gasteiger partial charge in [-0.15, -0.1) is 0 Å². The number of hydrogen-bond acceptors (Lipinski definition) is 3. The average molecular weight is 369 g/mol. The van der Waals surface area contributed by atoms with Crippen LogP contribution in [-0.4, -0.2) is 16.2 Å². The van der Waals surface area contributed by atoms with Gasteiger partial charge in [0, 0.05) is 11.1 Å². The zero-order valence-electron chi connectivity index (χ0n) is 14.9. The minimum absolute atomic E-state index is 0.118. The molecule has 5 heteroatoms. The van der Waals surface area contributed by atoms with Crippen LogP contribution in [0, 0.1) is 5.82 Å². The molecule has 0 saturated carbocycles. The van der Waals surface area contributed by atoms with Gasteiger partial charge in [0.15, 0.2) is 0 Å². The monoisotopic (exact) mass is 369 g/mol. The molecule has 0 radical (unpaired) electrons. The minimum Gasteiger partial charge on any atom is -0.488 e. The Morgan fingerprint density at radius 3 is 2.64 bits per heavy atom. The van der Waals surface area contributed by atoms with Gasteiger partial charge in [0.05, 0.1) is 22.8 Å². The molecule has 0 saturated heterocycles. The summed E-state index contributed by atoms with van der Waals surface area (Å²) in [7, 11) is 0. The van der Waals surface area contributed by atoms with E-state index >= 15 is 0 Å². The number of benzene rings is 3. The van der Waals surface area contributed by atoms with Crippen molar-refractivity contribution in [3.8, 4) is 5.75 Å². The van der Waals surface area contributed by atoms with E-state index in [1.165, 1.54) is 12.1 Å². The highest BCUT2D eigenvalue weighted by Crippen LogP contribution is 2.45. The van der Waals surface area contributed by atoms with Crippen LogP contribution in [0.3, 0.4) is 0 Å². The van der Waals surface area contributed by atoms with Crippen molar-refractivity contribution < 1.29 is 9.13 Å². The summed E-state index contributed by atoms with van der Waals surface area (Å²) >= 11 is 0. The molecule has 136 valence electrons. The molecule has 1 N–H and O–H groups in total. The Morgan fingerprint density at radius 1 is 0.964 bits per heavy atom. The summed E-state index contributed by atoms with van der Waals surface area (Å²) < 4.78 is 21.9. The highest BCUT2D eigenvalue weighted by atomic mass is 19.1. The molecule has 0 amide bonds. The predicted molar refractivity (Wildman–Crippen MR) is 107 cm³/mol. The number of para-hydroxylation sites is 3. The van der Waals surface area contributed by atoms with Crippen LogP contribution in [0.1, 0.15) is 17.2 Å². The molecule has 0 bridgehead atoms. The Hall–Kier alpha value is -3.60. The van der Waals surface area contributed by atoms with E-state index < -0.39 is 0 Å². The second-order valence-electron chi connectivity index (χ2n) is 7.06. The number of rotatable bonds is 1. The summed E-state index contributed by atoms with van der Waals surface area (Å²) in [6.45, 7) is 0.466. The maximum Gasteiger partial charge on any atom is 0.209 e. The van der Waals surface area contributed by atoms with Gasteiger partial charge in [-0.05, 0) is 42.0 Å². The van der Waals surface area contributed by atoms with Gasteiger partial charge < -0.3 is 10.1 Å². The van der Waals surface area contributed by atoms with Crippen LogP contribution >= 0.6 is 0 Å². The molecular weight excluding hydrogens is 353 g/mol. The number of fused-ring (bicyclic) bond motifs is 5. The standard InChI is InChI=1S/C23H16FN3O/c24-15-11-9-14(10-12-15)22-17-13-28-20-8-4-1-5-16(20)21(17)26-23-25-18-6-2-3-7-19(18)27(22)23/h1-12,22H,13H2,(H,25,26)/t22-/m1/s1. The van der Waals surface area contributed by atoms with Crippen molar-refractivity contribution in [2.24, 2.45) is 0 Å². The van der Waals surface area contributed by atoms with E-state index in [1.807, 2.05) is 48.5 Å². The van der Waals surface area contributed by atoms with Crippen molar-refractivity contribution in [2.45, 2.75) is 6.04 Å². The van der Waals surface area contributed by atoms with E-state index in [2.05, 4.69) is 22.0 Å². The van der Waals surface area contributed by atoms with E-state index in [4.69, 9.17) is 9.72 Å². The van der Waals surface area contributed by atoms with Crippen molar-refractivity contribution in [1.82, 2.24) is 9.55 Å². The lowest BCUT2D eigenvalue weighted by molar-refractivity contribution is 0.332. The SMILES string of the molecule is Fc1ccc([C@@H]2C3=C(Nc4nc5ccccc5n42)c2ccccc2OC3)cc1. The normalized spacial score (nSPS) is 17.4. The van der Waals surface area contributed by atoms with Gasteiger partial charge in [-0.25, -0.2) is 9.37 Å². The number of ether oxygens (including phenoxy) is 1. The van der Waals surface area contributed by atoms with Crippen LogP contribution in [0.25, 0.3) is 16.7 Å². The zero-order chi connectivity index (χ0) is 18.7. The first-order valence-electron chi connectivity index (χ1n) is 9.24. The fourth-order valence-electron chi connectivity index (χ4n) is 4.22. The Bertz CT molecular complexity index is 1260. The molecule has 3 aromatic carbocycles. The van der Waals surface area contributed by atoms with Crippen LogP contribution < -0.4 is 10.1 Å². The summed E-state index contributed by atoms with van der Waals surface area (Å²) in [4.78, 5) is 4.81. The molecule has 28 heavy (non-hydrogen) atoms. The first kappa shape index (κ1) is 15.5. The quantitative estimate of drug-likeness (QED) is 0.514. The van der Waals surface area contributed by atoms with Crippen LogP contribution in [0.2, 0.25) is 0 Å². The van der Waals surface area contributed by atoms with Crippen LogP contribution in [0.15, 0.2) is 78.4 Å². The highest BCUT2D eigenvalue weighted by molar-refractivity contribution is 5.89. The summed E-state index contributed by atoms with van der Waals surface area (Å²) in [5.41, 5.74) is 6.12. The van der Waals surface area contributed by atoms with E-state index in [9.17, 15) is 4.39 Å². The molecule has 1 aromatic heterocycles. The van der Waals surface area contributed by atoms with Crippen molar-refractivity contribution in [3.63, 3.8) is 0 Å². The molecule has 6 rings (SSSR count). The van der Waals surface area contributed by atoms with Crippen LogP contribution in [-0.2, 0) is 0 Å². The maximum absolute atomic E-state index is 13.6. The zero-order valence-corrected chi connectivity index (χ0v) is 14.9. The smallest absolute Gasteiger partial charge is 0.209 e. The molecule has 0 unspecified atom stereocenters. The van der Waals surface area contributed by atoms with Gasteiger partial charge in [-0.2, -0.15) is 0 Å². The maximum atomic E-state index is 13.6. The number of nitrogens with zero attached hydrogens (tertiary/aromatic N) is 2. The van der Waals surface area contributed by atoms with Gasteiger partial charge in [-0.3, -0.25) is 4.57 Å². The summed E-state index contributed by atoms with van der Waals surface area (Å²) in [5.74, 6) is 1.40. The Labute approximate surface area is 160 Å². The number of nitrogens with one attached hydrogen (secondary N) is 1. The lowest BCUT2D eigenvalue weighted by atomic mass is 9.91. The van der Waals surface area contributed by atoms with Crippen molar-refractivity contribution in [3.05, 3.63) is 95.3 Å². The average Bonchev–Trinajstić information content (AvgIpc) is 3.11. The van der Waals surface area contributed by atoms with Crippen molar-refractivity contribution >= 4 is 22.7 Å². The highest BCUT2D eigenvalue weighted by Gasteiger charge is 2.35. The molecule has 1 atom stereocenters. The number of aromatic nitrogens is 2. The fraction of sp³-hybridized carbons (Fsp3) is 0.0870. The molecule has 4 nitrogen and oxygen atoms in total. The van der Waals surface area contributed by atoms with Gasteiger partial charge in [0.25, 0.3) is 0 Å². The third-order valence-electron chi connectivity index (χ3n) is 5.47. The Kier molecular flexibility index (Phi) is 3.14. The fourth-order valence-corrected chi connectivity index (χ4v) is 4.22. The second-order valence-corrected chi connectivity index (χ2v) is 7.06. The predicted octanol–water partition coefficient (Wildman–Crippen LogP) is 4.99. The molecule has 0 spiro atoms. The molecule has 0 fully saturated rings. The summed E-state index contributed by atoms with van der Waals surface area (Å²) in [5, 5.41) is 3.53. The molecule has 2 aliphatic rings. The lowest BCUT2D eigenvalue weighted by Gasteiger charge is -2.35. The van der Waals surface area contributed by atoms with Gasteiger partial charge in [0.2, 0.25) is 5.95 Å². The number of halogens is 1. The third-order valence-corrected chi connectivity index (χ3v) is 5.47. The number of anilines is 1. The second kappa shape index (κ2) is 5.70. The molecule has 2 aliphatic heterocycles. The molecule has 3 heterocycles. The molecule has 4 aromatic rings. The largest absolute Gasteiger partial charge is 0.488 e. The van der Waals surface area contributed by atoms with Gasteiger partial charge in [-0.1, -0.05) is 36.4 Å². The van der Waals surface area contributed by atoms with Crippen LogP contribution in [0.4, 0.5) is 10.3 Å². The number of hydrogen-bond donors (Lipinski definition) is 1. The van der Waals surface area contributed by atoms with Crippen molar-refractivity contribution in [2.75, 3.05) is 11.9 Å². The van der Waals surface area contributed by atoms with E-state index in [-0.39, 0.29) is 11.9 Å². The topological polar surface area (TPSA) is 39.1 Å². The minimum atomic E-state index is -0.243. The first-order chi connectivity index (χ1) is 13.8. The van der Waals surface area contributed by atoms with Gasteiger partial charge >= 0.3 is 0 Å². The van der Waals surface area contributed by atoms with Crippen LogP contribution in [0.5, 0.6) is 5.75 Å². The summed E-state index contributed by atoms with van der Waals surface area (Å²) in [6.07, 6.45) is 0. The molecule has 0 aliphatic carbocycles. The Morgan fingerprint density at radius 2 is 1.75 bits per heavy atom. The van der Waals surface area contributed by atoms with E-state index in [1.54, 1.807) is 0 Å². The van der Waals surface area contributed by atoms with Crippen molar-refractivity contribution in [1.29, 1.82) is 0 Å². The Balaban J connectivity index is 1.65. The van der Waals surface area contributed by atoms with Gasteiger partial charge in [0.1, 0.15) is 18.2 Å². The number of imidazole rings is 1. The summed E-state index contributed by atoms with van der Waals surface area (Å²) in [6, 6.07) is 22.7. The van der Waals surface area contributed by atoms with E-state index in [0.29, 0.717) is 6.61 Å². The third kappa shape index (κ3) is 2.13.